The number of likely N-dealkylation sites (N-methyl/N-ethyl adjacent to an activating group) is 1. The summed E-state index contributed by atoms with van der Waals surface area (Å²) in [6, 6.07) is -0.859. The number of unbranched alkanes of at least 4 members (excludes halogenated alkanes) is 37. The molecule has 0 fully saturated rings. The normalized spacial score (nSPS) is 14.1. The number of amides is 1. The fourth-order valence-electron chi connectivity index (χ4n) is 8.47. The molecule has 3 N–H and O–H groups in total. The van der Waals surface area contributed by atoms with Gasteiger partial charge in [-0.1, -0.05) is 263 Å². The predicted molar refractivity (Wildman–Crippen MR) is 281 cm³/mol. The Morgan fingerprint density at radius 1 is 0.508 bits per heavy atom. The maximum Gasteiger partial charge on any atom is 0.472 e. The van der Waals surface area contributed by atoms with Crippen molar-refractivity contribution in [3.63, 3.8) is 0 Å². The van der Waals surface area contributed by atoms with E-state index in [1.165, 1.54) is 218 Å². The van der Waals surface area contributed by atoms with Crippen molar-refractivity contribution >= 4 is 13.7 Å². The topological polar surface area (TPSA) is 105 Å². The number of carbonyl (C=O) groups excluding carboxylic acids is 1. The molecule has 3 unspecified atom stereocenters. The van der Waals surface area contributed by atoms with Gasteiger partial charge >= 0.3 is 7.82 Å². The van der Waals surface area contributed by atoms with Crippen LogP contribution in [-0.4, -0.2) is 73.4 Å². The van der Waals surface area contributed by atoms with Crippen molar-refractivity contribution in [1.82, 2.24) is 5.32 Å². The summed E-state index contributed by atoms with van der Waals surface area (Å²) in [7, 11) is 1.57. The predicted octanol–water partition coefficient (Wildman–Crippen LogP) is 16.8. The molecular weight excluding hydrogens is 828 g/mol. The molecule has 0 radical (unpaired) electrons. The number of aliphatic hydroxyl groups excluding tert-OH is 1. The molecule has 65 heavy (non-hydrogen) atoms. The second-order valence-corrected chi connectivity index (χ2v) is 22.1. The summed E-state index contributed by atoms with van der Waals surface area (Å²) < 4.78 is 23.7. The van der Waals surface area contributed by atoms with Crippen molar-refractivity contribution in [2.75, 3.05) is 40.9 Å². The van der Waals surface area contributed by atoms with E-state index in [2.05, 4.69) is 31.3 Å². The molecule has 8 nitrogen and oxygen atoms in total. The SMILES string of the molecule is CCCCCCCCCCCCCCCCCCCCCCC/C=C/CC/C=C/C(O)C(COP(=O)(O)OCC[N+](C)(C)C)NC(=O)CCCCCCCCCCCCCCCCCC. The van der Waals surface area contributed by atoms with E-state index in [1.807, 2.05) is 27.2 Å². The van der Waals surface area contributed by atoms with Crippen LogP contribution in [0.5, 0.6) is 0 Å². The summed E-state index contributed by atoms with van der Waals surface area (Å²) in [5, 5.41) is 13.9. The third-order valence-corrected chi connectivity index (χ3v) is 13.9. The van der Waals surface area contributed by atoms with Gasteiger partial charge < -0.3 is 19.8 Å². The van der Waals surface area contributed by atoms with Crippen LogP contribution in [0.3, 0.4) is 0 Å². The van der Waals surface area contributed by atoms with Crippen LogP contribution in [0.2, 0.25) is 0 Å². The number of carbonyl (C=O) groups is 1. The molecule has 0 aromatic heterocycles. The van der Waals surface area contributed by atoms with Gasteiger partial charge in [0.2, 0.25) is 5.91 Å². The molecule has 0 bridgehead atoms. The molecule has 9 heteroatoms. The summed E-state index contributed by atoms with van der Waals surface area (Å²) >= 11 is 0. The molecule has 0 saturated heterocycles. The number of hydrogen-bond donors (Lipinski definition) is 3. The average molecular weight is 940 g/mol. The van der Waals surface area contributed by atoms with Crippen molar-refractivity contribution < 1.29 is 32.9 Å². The highest BCUT2D eigenvalue weighted by Crippen LogP contribution is 2.43. The van der Waals surface area contributed by atoms with Gasteiger partial charge in [0, 0.05) is 6.42 Å². The lowest BCUT2D eigenvalue weighted by Gasteiger charge is -2.25. The van der Waals surface area contributed by atoms with Crippen LogP contribution in [0, 0.1) is 0 Å². The number of hydrogen-bond acceptors (Lipinski definition) is 5. The Hall–Kier alpha value is -1.02. The smallest absolute Gasteiger partial charge is 0.387 e. The Morgan fingerprint density at radius 2 is 0.846 bits per heavy atom. The first-order valence-electron chi connectivity index (χ1n) is 28.2. The Kier molecular flexibility index (Phi) is 47.3. The van der Waals surface area contributed by atoms with E-state index >= 15 is 0 Å². The van der Waals surface area contributed by atoms with Crippen LogP contribution < -0.4 is 5.32 Å². The van der Waals surface area contributed by atoms with Gasteiger partial charge in [0.1, 0.15) is 13.2 Å². The Bertz CT molecular complexity index is 1110. The third kappa shape index (κ3) is 50.7. The van der Waals surface area contributed by atoms with Gasteiger partial charge in [-0.15, -0.1) is 0 Å². The number of rotatable bonds is 52. The second kappa shape index (κ2) is 48.0. The van der Waals surface area contributed by atoms with Crippen LogP contribution >= 0.6 is 7.82 Å². The number of phosphoric acid groups is 1. The van der Waals surface area contributed by atoms with Gasteiger partial charge in [-0.05, 0) is 32.1 Å². The summed E-state index contributed by atoms with van der Waals surface area (Å²) in [5.41, 5.74) is 0. The molecule has 386 valence electrons. The minimum Gasteiger partial charge on any atom is -0.387 e. The van der Waals surface area contributed by atoms with Crippen LogP contribution in [0.25, 0.3) is 0 Å². The zero-order valence-corrected chi connectivity index (χ0v) is 44.9. The first kappa shape index (κ1) is 64.0. The monoisotopic (exact) mass is 940 g/mol. The Labute approximate surface area is 404 Å². The lowest BCUT2D eigenvalue weighted by molar-refractivity contribution is -0.870. The van der Waals surface area contributed by atoms with E-state index in [1.54, 1.807) is 6.08 Å². The molecular formula is C56H112N2O6P+. The summed E-state index contributed by atoms with van der Waals surface area (Å²) in [5.74, 6) is -0.182. The molecule has 3 atom stereocenters. The Balaban J connectivity index is 4.21. The quantitative estimate of drug-likeness (QED) is 0.0243. The minimum atomic E-state index is -4.35. The highest BCUT2D eigenvalue weighted by atomic mass is 31.2. The van der Waals surface area contributed by atoms with E-state index in [-0.39, 0.29) is 19.1 Å². The van der Waals surface area contributed by atoms with E-state index in [9.17, 15) is 19.4 Å². The van der Waals surface area contributed by atoms with Crippen LogP contribution in [0.4, 0.5) is 0 Å². The number of phosphoric ester groups is 1. The van der Waals surface area contributed by atoms with Crippen LogP contribution in [-0.2, 0) is 18.4 Å². The van der Waals surface area contributed by atoms with E-state index in [0.717, 1.165) is 38.5 Å². The molecule has 0 saturated carbocycles. The van der Waals surface area contributed by atoms with Crippen molar-refractivity contribution in [1.29, 1.82) is 0 Å². The second-order valence-electron chi connectivity index (χ2n) is 20.7. The van der Waals surface area contributed by atoms with Gasteiger partial charge in [-0.3, -0.25) is 13.8 Å². The zero-order valence-electron chi connectivity index (χ0n) is 44.0. The van der Waals surface area contributed by atoms with Gasteiger partial charge in [0.25, 0.3) is 0 Å². The van der Waals surface area contributed by atoms with Crippen molar-refractivity contribution in [2.24, 2.45) is 0 Å². The van der Waals surface area contributed by atoms with Gasteiger partial charge in [-0.25, -0.2) is 4.57 Å². The first-order chi connectivity index (χ1) is 31.5. The van der Waals surface area contributed by atoms with Gasteiger partial charge in [0.15, 0.2) is 0 Å². The fraction of sp³-hybridized carbons (Fsp3) is 0.911. The molecule has 0 aliphatic rings. The summed E-state index contributed by atoms with van der Waals surface area (Å²) in [4.78, 5) is 23.2. The number of allylic oxidation sites excluding steroid dienone is 3. The molecule has 0 heterocycles. The summed E-state index contributed by atoms with van der Waals surface area (Å²) in [6.07, 6.45) is 60.0. The number of nitrogens with one attached hydrogen (secondary N) is 1. The van der Waals surface area contributed by atoms with Gasteiger partial charge in [0.05, 0.1) is 39.9 Å². The van der Waals surface area contributed by atoms with Crippen molar-refractivity contribution in [2.45, 2.75) is 289 Å². The number of quaternary nitrogens is 1. The van der Waals surface area contributed by atoms with Gasteiger partial charge in [-0.2, -0.15) is 0 Å². The highest BCUT2D eigenvalue weighted by molar-refractivity contribution is 7.47. The van der Waals surface area contributed by atoms with E-state index in [0.29, 0.717) is 17.4 Å². The number of nitrogens with zero attached hydrogens (tertiary/aromatic N) is 1. The van der Waals surface area contributed by atoms with E-state index < -0.39 is 20.0 Å². The lowest BCUT2D eigenvalue weighted by Crippen LogP contribution is -2.45. The minimum absolute atomic E-state index is 0.0587. The molecule has 0 rings (SSSR count). The number of aliphatic hydroxyl groups is 1. The maximum atomic E-state index is 12.9. The fourth-order valence-corrected chi connectivity index (χ4v) is 9.21. The molecule has 1 amide bonds. The Morgan fingerprint density at radius 3 is 1.23 bits per heavy atom. The molecule has 0 aliphatic heterocycles. The molecule has 0 aromatic carbocycles. The van der Waals surface area contributed by atoms with E-state index in [4.69, 9.17) is 9.05 Å². The van der Waals surface area contributed by atoms with Crippen LogP contribution in [0.1, 0.15) is 277 Å². The molecule has 0 aliphatic carbocycles. The zero-order chi connectivity index (χ0) is 47.8. The molecule has 0 spiro atoms. The van der Waals surface area contributed by atoms with Crippen molar-refractivity contribution in [3.8, 4) is 0 Å². The van der Waals surface area contributed by atoms with Crippen molar-refractivity contribution in [3.05, 3.63) is 24.3 Å². The average Bonchev–Trinajstić information content (AvgIpc) is 3.26. The maximum absolute atomic E-state index is 12.9. The standard InChI is InChI=1S/C56H111N2O6P/c1-6-8-10-12-14-16-18-20-22-24-25-26-27-28-29-30-31-32-33-34-35-37-39-41-43-45-47-49-55(59)54(53-64-65(61,62)63-52-51-58(3,4)5)57-56(60)50-48-46-44-42-40-38-36-23-21-19-17-15-13-11-9-7-2/h39,41,47,49,54-55,59H,6-38,40,42-46,48,50-53H2,1-5H3,(H-,57,60,61,62)/p+1/b41-39+,49-47+. The largest absolute Gasteiger partial charge is 0.472 e. The van der Waals surface area contributed by atoms with Crippen LogP contribution in [0.15, 0.2) is 24.3 Å². The molecule has 0 aromatic rings. The lowest BCUT2D eigenvalue weighted by atomic mass is 10.0. The first-order valence-corrected chi connectivity index (χ1v) is 29.7. The third-order valence-electron chi connectivity index (χ3n) is 12.9. The highest BCUT2D eigenvalue weighted by Gasteiger charge is 2.27. The summed E-state index contributed by atoms with van der Waals surface area (Å²) in [6.45, 7) is 4.83.